The van der Waals surface area contributed by atoms with Crippen LogP contribution < -0.4 is 0 Å². The van der Waals surface area contributed by atoms with Crippen LogP contribution in [0.1, 0.15) is 0 Å². The van der Waals surface area contributed by atoms with Crippen LogP contribution in [-0.4, -0.2) is 37.4 Å². The van der Waals surface area contributed by atoms with Crippen LogP contribution in [0.4, 0.5) is 0 Å². The lowest BCUT2D eigenvalue weighted by atomic mass is 10.4. The van der Waals surface area contributed by atoms with Crippen LogP contribution in [0.25, 0.3) is 0 Å². The Morgan fingerprint density at radius 3 is 2.63 bits per heavy atom. The molecule has 1 rings (SSSR count). The van der Waals surface area contributed by atoms with Crippen LogP contribution in [0.3, 0.4) is 0 Å². The van der Waals surface area contributed by atoms with E-state index >= 15 is 0 Å². The molecular weight excluding hydrogens is 313 g/mol. The maximum Gasteiger partial charge on any atom is 0.328 e. The molecule has 19 heavy (non-hydrogen) atoms. The molecule has 0 heterocycles. The second kappa shape index (κ2) is 6.38. The number of carbonyl (C=O) groups is 1. The summed E-state index contributed by atoms with van der Waals surface area (Å²) in [5.41, 5.74) is 0. The average Bonchev–Trinajstić information content (AvgIpc) is 2.31. The minimum absolute atomic E-state index is 0.0572. The van der Waals surface area contributed by atoms with Gasteiger partial charge in [-0.1, -0.05) is 35.3 Å². The van der Waals surface area contributed by atoms with Gasteiger partial charge in [0.1, 0.15) is 4.90 Å². The van der Waals surface area contributed by atoms with E-state index in [2.05, 4.69) is 0 Å². The number of nitrogens with zero attached hydrogens (tertiary/aromatic N) is 1. The lowest BCUT2D eigenvalue weighted by molar-refractivity contribution is -0.131. The summed E-state index contributed by atoms with van der Waals surface area (Å²) < 4.78 is 25.3. The van der Waals surface area contributed by atoms with Crippen molar-refractivity contribution in [3.05, 3.63) is 40.4 Å². The number of halogens is 2. The van der Waals surface area contributed by atoms with Gasteiger partial charge in [-0.05, 0) is 12.1 Å². The SMILES string of the molecule is CN(C/C=C/C(=O)O)S(=O)(=O)c1cccc(Cl)c1Cl. The number of rotatable bonds is 5. The van der Waals surface area contributed by atoms with Crippen molar-refractivity contribution in [3.63, 3.8) is 0 Å². The Balaban J connectivity index is 3.04. The summed E-state index contributed by atoms with van der Waals surface area (Å²) >= 11 is 11.6. The summed E-state index contributed by atoms with van der Waals surface area (Å²) in [4.78, 5) is 10.2. The van der Waals surface area contributed by atoms with Gasteiger partial charge in [0.25, 0.3) is 0 Å². The Morgan fingerprint density at radius 1 is 1.42 bits per heavy atom. The highest BCUT2D eigenvalue weighted by Gasteiger charge is 2.23. The van der Waals surface area contributed by atoms with E-state index < -0.39 is 16.0 Å². The predicted molar refractivity (Wildman–Crippen MR) is 73.1 cm³/mol. The van der Waals surface area contributed by atoms with Crippen molar-refractivity contribution in [1.29, 1.82) is 0 Å². The molecule has 0 aliphatic carbocycles. The van der Waals surface area contributed by atoms with Gasteiger partial charge in [-0.2, -0.15) is 4.31 Å². The summed E-state index contributed by atoms with van der Waals surface area (Å²) in [5.74, 6) is -1.15. The number of hydrogen-bond acceptors (Lipinski definition) is 3. The Kier molecular flexibility index (Phi) is 5.37. The molecule has 0 saturated heterocycles. The van der Waals surface area contributed by atoms with E-state index in [1.807, 2.05) is 0 Å². The molecular formula is C11H11Cl2NO4S. The molecule has 0 amide bonds. The summed E-state index contributed by atoms with van der Waals surface area (Å²) in [6.45, 7) is -0.0858. The maximum atomic E-state index is 12.2. The molecule has 0 bridgehead atoms. The lowest BCUT2D eigenvalue weighted by Crippen LogP contribution is -2.27. The minimum Gasteiger partial charge on any atom is -0.478 e. The molecule has 0 radical (unpaired) electrons. The zero-order valence-electron chi connectivity index (χ0n) is 9.88. The number of aliphatic carboxylic acids is 1. The smallest absolute Gasteiger partial charge is 0.328 e. The Hall–Kier alpha value is -1.08. The Bertz CT molecular complexity index is 613. The topological polar surface area (TPSA) is 74.7 Å². The predicted octanol–water partition coefficient (Wildman–Crippen LogP) is 2.25. The average molecular weight is 324 g/mol. The van der Waals surface area contributed by atoms with E-state index in [4.69, 9.17) is 28.3 Å². The van der Waals surface area contributed by atoms with E-state index in [9.17, 15) is 13.2 Å². The first-order valence-electron chi connectivity index (χ1n) is 5.06. The van der Waals surface area contributed by atoms with Crippen LogP contribution in [0.2, 0.25) is 10.0 Å². The zero-order valence-corrected chi connectivity index (χ0v) is 12.2. The number of hydrogen-bond donors (Lipinski definition) is 1. The highest BCUT2D eigenvalue weighted by molar-refractivity contribution is 7.89. The highest BCUT2D eigenvalue weighted by atomic mass is 35.5. The number of benzene rings is 1. The van der Waals surface area contributed by atoms with Crippen molar-refractivity contribution in [2.45, 2.75) is 4.90 Å². The monoisotopic (exact) mass is 323 g/mol. The quantitative estimate of drug-likeness (QED) is 0.843. The molecule has 1 aromatic carbocycles. The highest BCUT2D eigenvalue weighted by Crippen LogP contribution is 2.30. The van der Waals surface area contributed by atoms with E-state index in [0.717, 1.165) is 10.4 Å². The van der Waals surface area contributed by atoms with E-state index in [0.29, 0.717) is 0 Å². The van der Waals surface area contributed by atoms with Gasteiger partial charge in [-0.3, -0.25) is 0 Å². The molecule has 0 spiro atoms. The normalized spacial score (nSPS) is 12.2. The number of carboxylic acids is 1. The zero-order chi connectivity index (χ0) is 14.6. The van der Waals surface area contributed by atoms with Gasteiger partial charge in [0.2, 0.25) is 10.0 Å². The molecule has 104 valence electrons. The summed E-state index contributed by atoms with van der Waals surface area (Å²) in [5, 5.41) is 8.51. The first-order valence-corrected chi connectivity index (χ1v) is 7.26. The summed E-state index contributed by atoms with van der Waals surface area (Å²) in [7, 11) is -2.50. The van der Waals surface area contributed by atoms with Gasteiger partial charge in [-0.15, -0.1) is 0 Å². The van der Waals surface area contributed by atoms with Crippen molar-refractivity contribution < 1.29 is 18.3 Å². The maximum absolute atomic E-state index is 12.2. The van der Waals surface area contributed by atoms with Crippen LogP contribution in [0.5, 0.6) is 0 Å². The fraction of sp³-hybridized carbons (Fsp3) is 0.182. The minimum atomic E-state index is -3.82. The fourth-order valence-electron chi connectivity index (χ4n) is 1.25. The fourth-order valence-corrected chi connectivity index (χ4v) is 3.11. The third-order valence-corrected chi connectivity index (χ3v) is 5.02. The number of sulfonamides is 1. The molecule has 0 aromatic heterocycles. The molecule has 0 atom stereocenters. The first-order chi connectivity index (χ1) is 8.76. The second-order valence-corrected chi connectivity index (χ2v) is 6.38. The Labute approximate surface area is 121 Å². The molecule has 1 aromatic rings. The van der Waals surface area contributed by atoms with Crippen LogP contribution in [0, 0.1) is 0 Å². The second-order valence-electron chi connectivity index (χ2n) is 3.58. The summed E-state index contributed by atoms with van der Waals surface area (Å²) in [6.07, 6.45) is 2.09. The standard InChI is InChI=1S/C11H11Cl2NO4S/c1-14(7-3-6-10(15)16)19(17,18)9-5-2-4-8(12)11(9)13/h2-6H,7H2,1H3,(H,15,16)/b6-3+. The van der Waals surface area contributed by atoms with Crippen LogP contribution in [0.15, 0.2) is 35.2 Å². The lowest BCUT2D eigenvalue weighted by Gasteiger charge is -2.16. The van der Waals surface area contributed by atoms with E-state index in [1.165, 1.54) is 31.3 Å². The molecule has 8 heteroatoms. The van der Waals surface area contributed by atoms with Crippen molar-refractivity contribution in [2.75, 3.05) is 13.6 Å². The van der Waals surface area contributed by atoms with Gasteiger partial charge in [0, 0.05) is 19.7 Å². The van der Waals surface area contributed by atoms with Gasteiger partial charge in [0.15, 0.2) is 0 Å². The van der Waals surface area contributed by atoms with Crippen LogP contribution in [-0.2, 0) is 14.8 Å². The van der Waals surface area contributed by atoms with Crippen molar-refractivity contribution in [1.82, 2.24) is 4.31 Å². The first kappa shape index (κ1) is 16.0. The largest absolute Gasteiger partial charge is 0.478 e. The molecule has 5 nitrogen and oxygen atoms in total. The third-order valence-electron chi connectivity index (χ3n) is 2.23. The van der Waals surface area contributed by atoms with Crippen molar-refractivity contribution in [2.24, 2.45) is 0 Å². The Morgan fingerprint density at radius 2 is 2.05 bits per heavy atom. The molecule has 1 N–H and O–H groups in total. The number of likely N-dealkylation sites (N-methyl/N-ethyl adjacent to an activating group) is 1. The molecule has 0 aliphatic rings. The van der Waals surface area contributed by atoms with Crippen LogP contribution >= 0.6 is 23.2 Å². The van der Waals surface area contributed by atoms with Gasteiger partial charge in [-0.25, -0.2) is 13.2 Å². The van der Waals surface area contributed by atoms with E-state index in [1.54, 1.807) is 0 Å². The molecule has 0 aliphatic heterocycles. The third kappa shape index (κ3) is 3.94. The van der Waals surface area contributed by atoms with Gasteiger partial charge >= 0.3 is 5.97 Å². The van der Waals surface area contributed by atoms with Crippen molar-refractivity contribution in [3.8, 4) is 0 Å². The van der Waals surface area contributed by atoms with Crippen molar-refractivity contribution >= 4 is 39.2 Å². The molecule has 0 unspecified atom stereocenters. The van der Waals surface area contributed by atoms with E-state index in [-0.39, 0.29) is 21.5 Å². The van der Waals surface area contributed by atoms with Gasteiger partial charge < -0.3 is 5.11 Å². The van der Waals surface area contributed by atoms with Gasteiger partial charge in [0.05, 0.1) is 10.0 Å². The summed E-state index contributed by atoms with van der Waals surface area (Å²) in [6, 6.07) is 4.29. The number of carboxylic acid groups (broad SMARTS) is 1. The molecule has 0 saturated carbocycles. The molecule has 0 fully saturated rings.